The van der Waals surface area contributed by atoms with Gasteiger partial charge in [0.2, 0.25) is 0 Å². The molecule has 1 heteroatoms. The van der Waals surface area contributed by atoms with E-state index >= 15 is 0 Å². The molecular formula is C10H9Br. The van der Waals surface area contributed by atoms with Crippen molar-refractivity contribution in [3.63, 3.8) is 0 Å². The minimum absolute atomic E-state index is 0.723. The van der Waals surface area contributed by atoms with E-state index in [0.717, 1.165) is 11.8 Å². The fourth-order valence-corrected chi connectivity index (χ4v) is 1.29. The van der Waals surface area contributed by atoms with Gasteiger partial charge in [0.15, 0.2) is 0 Å². The van der Waals surface area contributed by atoms with Gasteiger partial charge >= 0.3 is 0 Å². The van der Waals surface area contributed by atoms with Crippen LogP contribution in [0.4, 0.5) is 0 Å². The molecule has 0 spiro atoms. The maximum atomic E-state index is 5.19. The number of rotatable bonds is 2. The van der Waals surface area contributed by atoms with Crippen LogP contribution in [0.15, 0.2) is 24.3 Å². The Morgan fingerprint density at radius 3 is 2.73 bits per heavy atom. The lowest BCUT2D eigenvalue weighted by Gasteiger charge is -1.97. The fourth-order valence-electron chi connectivity index (χ4n) is 0.941. The van der Waals surface area contributed by atoms with E-state index in [2.05, 4.69) is 34.0 Å². The van der Waals surface area contributed by atoms with E-state index in [0.29, 0.717) is 0 Å². The second-order valence-electron chi connectivity index (χ2n) is 2.33. The van der Waals surface area contributed by atoms with Gasteiger partial charge in [-0.05, 0) is 11.1 Å². The highest BCUT2D eigenvalue weighted by Gasteiger charge is 1.91. The molecule has 0 aliphatic rings. The van der Waals surface area contributed by atoms with Gasteiger partial charge in [-0.3, -0.25) is 0 Å². The minimum Gasteiger partial charge on any atom is -0.120 e. The molecule has 0 saturated carbocycles. The van der Waals surface area contributed by atoms with Crippen molar-refractivity contribution < 1.29 is 0 Å². The highest BCUT2D eigenvalue weighted by atomic mass is 79.9. The van der Waals surface area contributed by atoms with Gasteiger partial charge in [-0.25, -0.2) is 0 Å². The highest BCUT2D eigenvalue weighted by molar-refractivity contribution is 9.08. The smallest absolute Gasteiger partial charge is 0.0337 e. The lowest BCUT2D eigenvalue weighted by molar-refractivity contribution is 1.28. The molecule has 0 heterocycles. The minimum atomic E-state index is 0.723. The third-order valence-electron chi connectivity index (χ3n) is 1.45. The molecule has 56 valence electrons. The molecule has 1 aromatic carbocycles. The van der Waals surface area contributed by atoms with Crippen LogP contribution in [0.1, 0.15) is 11.1 Å². The molecular weight excluding hydrogens is 200 g/mol. The quantitative estimate of drug-likeness (QED) is 0.519. The van der Waals surface area contributed by atoms with Crippen molar-refractivity contribution in [2.24, 2.45) is 0 Å². The number of terminal acetylenes is 1. The summed E-state index contributed by atoms with van der Waals surface area (Å²) in [5.74, 6) is 2.62. The summed E-state index contributed by atoms with van der Waals surface area (Å²) in [6, 6.07) is 8.28. The van der Waals surface area contributed by atoms with Gasteiger partial charge in [0.1, 0.15) is 0 Å². The zero-order valence-corrected chi connectivity index (χ0v) is 7.76. The van der Waals surface area contributed by atoms with Gasteiger partial charge in [0, 0.05) is 11.8 Å². The van der Waals surface area contributed by atoms with Crippen molar-refractivity contribution in [2.75, 3.05) is 0 Å². The number of hydrogen-bond acceptors (Lipinski definition) is 0. The molecule has 1 rings (SSSR count). The summed E-state index contributed by atoms with van der Waals surface area (Å²) >= 11 is 3.39. The van der Waals surface area contributed by atoms with Crippen LogP contribution in [-0.4, -0.2) is 0 Å². The first-order valence-corrected chi connectivity index (χ1v) is 4.56. The summed E-state index contributed by atoms with van der Waals surface area (Å²) in [4.78, 5) is 0. The van der Waals surface area contributed by atoms with Gasteiger partial charge < -0.3 is 0 Å². The van der Waals surface area contributed by atoms with Crippen molar-refractivity contribution in [3.05, 3.63) is 35.4 Å². The number of halogens is 1. The van der Waals surface area contributed by atoms with Gasteiger partial charge in [-0.1, -0.05) is 40.2 Å². The molecule has 0 nitrogen and oxygen atoms in total. The third kappa shape index (κ3) is 2.40. The Morgan fingerprint density at radius 1 is 1.36 bits per heavy atom. The Kier molecular flexibility index (Phi) is 3.19. The van der Waals surface area contributed by atoms with E-state index < -0.39 is 0 Å². The predicted octanol–water partition coefficient (Wildman–Crippen LogP) is 2.76. The summed E-state index contributed by atoms with van der Waals surface area (Å²) in [6.45, 7) is 0. The first-order chi connectivity index (χ1) is 5.36. The maximum Gasteiger partial charge on any atom is 0.0337 e. The van der Waals surface area contributed by atoms with Crippen molar-refractivity contribution in [3.8, 4) is 12.3 Å². The molecule has 0 aliphatic carbocycles. The zero-order valence-electron chi connectivity index (χ0n) is 6.18. The summed E-state index contributed by atoms with van der Waals surface area (Å²) in [6.07, 6.45) is 5.91. The predicted molar refractivity (Wildman–Crippen MR) is 51.6 cm³/mol. The van der Waals surface area contributed by atoms with Gasteiger partial charge in [0.25, 0.3) is 0 Å². The summed E-state index contributed by atoms with van der Waals surface area (Å²) < 4.78 is 0. The SMILES string of the molecule is C#CCc1cccc(CBr)c1. The van der Waals surface area contributed by atoms with Gasteiger partial charge in [0.05, 0.1) is 0 Å². The molecule has 0 saturated heterocycles. The first kappa shape index (κ1) is 8.36. The van der Waals surface area contributed by atoms with Gasteiger partial charge in [-0.2, -0.15) is 0 Å². The molecule has 0 aromatic heterocycles. The van der Waals surface area contributed by atoms with Crippen LogP contribution in [0.25, 0.3) is 0 Å². The van der Waals surface area contributed by atoms with E-state index in [1.165, 1.54) is 11.1 Å². The van der Waals surface area contributed by atoms with Crippen molar-refractivity contribution >= 4 is 15.9 Å². The van der Waals surface area contributed by atoms with E-state index in [-0.39, 0.29) is 0 Å². The molecule has 11 heavy (non-hydrogen) atoms. The molecule has 0 radical (unpaired) electrons. The summed E-state index contributed by atoms with van der Waals surface area (Å²) in [7, 11) is 0. The monoisotopic (exact) mass is 208 g/mol. The fraction of sp³-hybridized carbons (Fsp3) is 0.200. The second-order valence-corrected chi connectivity index (χ2v) is 2.90. The maximum absolute atomic E-state index is 5.19. The molecule has 0 amide bonds. The van der Waals surface area contributed by atoms with Crippen LogP contribution in [0.3, 0.4) is 0 Å². The Morgan fingerprint density at radius 2 is 2.09 bits per heavy atom. The Hall–Kier alpha value is -0.740. The molecule has 0 fully saturated rings. The van der Waals surface area contributed by atoms with Crippen LogP contribution in [0.2, 0.25) is 0 Å². The van der Waals surface area contributed by atoms with E-state index in [1.54, 1.807) is 0 Å². The molecule has 0 bridgehead atoms. The standard InChI is InChI=1S/C10H9Br/c1-2-4-9-5-3-6-10(7-9)8-11/h1,3,5-7H,4,8H2. The highest BCUT2D eigenvalue weighted by Crippen LogP contribution is 2.08. The van der Waals surface area contributed by atoms with Crippen LogP contribution < -0.4 is 0 Å². The average molecular weight is 209 g/mol. The van der Waals surface area contributed by atoms with Gasteiger partial charge in [-0.15, -0.1) is 12.3 Å². The largest absolute Gasteiger partial charge is 0.120 e. The number of benzene rings is 1. The zero-order chi connectivity index (χ0) is 8.10. The Labute approximate surface area is 75.8 Å². The molecule has 0 atom stereocenters. The Balaban J connectivity index is 2.84. The Bertz CT molecular complexity index is 270. The normalized spacial score (nSPS) is 9.09. The summed E-state index contributed by atoms with van der Waals surface area (Å²) in [5, 5.41) is 0.894. The third-order valence-corrected chi connectivity index (χ3v) is 2.10. The molecule has 0 aliphatic heterocycles. The molecule has 0 N–H and O–H groups in total. The summed E-state index contributed by atoms with van der Waals surface area (Å²) in [5.41, 5.74) is 2.49. The topological polar surface area (TPSA) is 0 Å². The average Bonchev–Trinajstić information content (AvgIpc) is 2.06. The van der Waals surface area contributed by atoms with Crippen LogP contribution in [-0.2, 0) is 11.8 Å². The van der Waals surface area contributed by atoms with E-state index in [4.69, 9.17) is 6.42 Å². The van der Waals surface area contributed by atoms with Crippen molar-refractivity contribution in [2.45, 2.75) is 11.8 Å². The number of alkyl halides is 1. The van der Waals surface area contributed by atoms with E-state index in [9.17, 15) is 0 Å². The van der Waals surface area contributed by atoms with Crippen LogP contribution in [0.5, 0.6) is 0 Å². The molecule has 1 aromatic rings. The van der Waals surface area contributed by atoms with Crippen molar-refractivity contribution in [1.29, 1.82) is 0 Å². The van der Waals surface area contributed by atoms with Crippen molar-refractivity contribution in [1.82, 2.24) is 0 Å². The number of hydrogen-bond donors (Lipinski definition) is 0. The van der Waals surface area contributed by atoms with Crippen LogP contribution in [0, 0.1) is 12.3 Å². The molecule has 0 unspecified atom stereocenters. The van der Waals surface area contributed by atoms with Crippen LogP contribution >= 0.6 is 15.9 Å². The van der Waals surface area contributed by atoms with E-state index in [1.807, 2.05) is 12.1 Å². The second kappa shape index (κ2) is 4.20. The lowest BCUT2D eigenvalue weighted by Crippen LogP contribution is -1.83. The first-order valence-electron chi connectivity index (χ1n) is 3.44. The lowest BCUT2D eigenvalue weighted by atomic mass is 10.1.